The molecular weight excluding hydrogens is 196 g/mol. The Balaban J connectivity index is 2.74. The molecule has 0 aliphatic carbocycles. The van der Waals surface area contributed by atoms with Crippen molar-refractivity contribution in [3.8, 4) is 0 Å². The van der Waals surface area contributed by atoms with Crippen molar-refractivity contribution in [2.45, 2.75) is 34.0 Å². The third-order valence-electron chi connectivity index (χ3n) is 2.08. The van der Waals surface area contributed by atoms with E-state index in [2.05, 4.69) is 5.10 Å². The number of rotatable bonds is 3. The van der Waals surface area contributed by atoms with Crippen LogP contribution in [0.3, 0.4) is 0 Å². The predicted molar refractivity (Wildman–Crippen MR) is 57.8 cm³/mol. The molecule has 1 atom stereocenters. The molecule has 1 aliphatic rings. The van der Waals surface area contributed by atoms with Crippen LogP contribution in [0.5, 0.6) is 0 Å². The van der Waals surface area contributed by atoms with Gasteiger partial charge in [0.15, 0.2) is 0 Å². The van der Waals surface area contributed by atoms with E-state index < -0.39 is 6.29 Å². The predicted octanol–water partition coefficient (Wildman–Crippen LogP) is 1.17. The highest BCUT2D eigenvalue weighted by Crippen LogP contribution is 2.20. The highest BCUT2D eigenvalue weighted by atomic mass is 16.6. The van der Waals surface area contributed by atoms with Crippen molar-refractivity contribution in [2.24, 2.45) is 10.5 Å². The second-order valence-corrected chi connectivity index (χ2v) is 4.85. The van der Waals surface area contributed by atoms with Crippen molar-refractivity contribution in [1.29, 1.82) is 0 Å². The van der Waals surface area contributed by atoms with E-state index in [9.17, 15) is 10.1 Å². The van der Waals surface area contributed by atoms with Gasteiger partial charge in [0.1, 0.15) is 6.34 Å². The van der Waals surface area contributed by atoms with Gasteiger partial charge in [0.2, 0.25) is 0 Å². The quantitative estimate of drug-likeness (QED) is 0.522. The minimum Gasteiger partial charge on any atom is -0.278 e. The topological polar surface area (TPSA) is 62.0 Å². The lowest BCUT2D eigenvalue weighted by molar-refractivity contribution is -0.571. The Kier molecular flexibility index (Phi) is 3.16. The van der Waals surface area contributed by atoms with Gasteiger partial charge in [-0.25, -0.2) is 5.01 Å². The van der Waals surface area contributed by atoms with E-state index in [1.165, 1.54) is 5.01 Å². The summed E-state index contributed by atoms with van der Waals surface area (Å²) in [6.45, 7) is 9.17. The Labute approximate surface area is 89.7 Å². The first-order valence-electron chi connectivity index (χ1n) is 5.05. The smallest absolute Gasteiger partial charge is 0.278 e. The average Bonchev–Trinajstić information content (AvgIpc) is 2.44. The number of hydrogen-bond acceptors (Lipinski definition) is 5. The summed E-state index contributed by atoms with van der Waals surface area (Å²) in [5.74, 6) is 0. The molecule has 0 aromatic carbocycles. The maximum Gasteiger partial charge on any atom is 0.383 e. The summed E-state index contributed by atoms with van der Waals surface area (Å²) in [4.78, 5) is 12.3. The van der Waals surface area contributed by atoms with Crippen LogP contribution in [0.15, 0.2) is 5.10 Å². The summed E-state index contributed by atoms with van der Waals surface area (Å²) in [6.07, 6.45) is 0.719. The van der Waals surface area contributed by atoms with Crippen molar-refractivity contribution < 1.29 is 4.92 Å². The van der Waals surface area contributed by atoms with Crippen LogP contribution in [-0.4, -0.2) is 40.5 Å². The number of nitro groups is 1. The van der Waals surface area contributed by atoms with Crippen LogP contribution in [0, 0.1) is 15.5 Å². The molecule has 1 rings (SSSR count). The number of hydrogen-bond donors (Lipinski definition) is 0. The molecule has 1 unspecified atom stereocenters. The van der Waals surface area contributed by atoms with Crippen molar-refractivity contribution in [3.05, 3.63) is 10.1 Å². The maximum atomic E-state index is 10.9. The van der Waals surface area contributed by atoms with Gasteiger partial charge in [-0.3, -0.25) is 15.0 Å². The molecule has 0 spiro atoms. The molecule has 0 bridgehead atoms. The molecule has 1 aliphatic heterocycles. The zero-order chi connectivity index (χ0) is 11.6. The Morgan fingerprint density at radius 1 is 1.53 bits per heavy atom. The lowest BCUT2D eigenvalue weighted by Crippen LogP contribution is -2.48. The molecule has 1 heterocycles. The zero-order valence-electron chi connectivity index (χ0n) is 9.67. The van der Waals surface area contributed by atoms with Crippen molar-refractivity contribution in [2.75, 3.05) is 13.1 Å². The van der Waals surface area contributed by atoms with Crippen LogP contribution in [-0.2, 0) is 0 Å². The summed E-state index contributed by atoms with van der Waals surface area (Å²) in [6, 6.07) is 0. The molecule has 15 heavy (non-hydrogen) atoms. The fourth-order valence-electron chi connectivity index (χ4n) is 1.57. The standard InChI is InChI=1S/C9H18N4O2/c1-5-12-8(13(14)15)11(7-10-12)6-9(2,3)4/h7-8H,5-6H2,1-4H3. The fourth-order valence-corrected chi connectivity index (χ4v) is 1.57. The largest absolute Gasteiger partial charge is 0.383 e. The molecule has 0 saturated heterocycles. The summed E-state index contributed by atoms with van der Waals surface area (Å²) in [7, 11) is 0. The average molecular weight is 214 g/mol. The first-order chi connectivity index (χ1) is 6.85. The number of hydrazone groups is 1. The molecule has 0 aromatic heterocycles. The third kappa shape index (κ3) is 2.81. The normalized spacial score (nSPS) is 21.2. The van der Waals surface area contributed by atoms with Crippen LogP contribution < -0.4 is 0 Å². The van der Waals surface area contributed by atoms with E-state index >= 15 is 0 Å². The molecule has 0 N–H and O–H groups in total. The van der Waals surface area contributed by atoms with E-state index in [-0.39, 0.29) is 10.3 Å². The molecule has 0 fully saturated rings. The van der Waals surface area contributed by atoms with E-state index in [0.717, 1.165) is 0 Å². The molecule has 0 radical (unpaired) electrons. The van der Waals surface area contributed by atoms with Gasteiger partial charge in [0.25, 0.3) is 0 Å². The summed E-state index contributed by atoms with van der Waals surface area (Å²) in [5.41, 5.74) is 0.0179. The van der Waals surface area contributed by atoms with E-state index in [4.69, 9.17) is 0 Å². The first kappa shape index (κ1) is 11.7. The minimum atomic E-state index is -0.839. The third-order valence-corrected chi connectivity index (χ3v) is 2.08. The Morgan fingerprint density at radius 3 is 2.53 bits per heavy atom. The second-order valence-electron chi connectivity index (χ2n) is 4.85. The molecule has 0 saturated carbocycles. The van der Waals surface area contributed by atoms with Gasteiger partial charge in [-0.2, -0.15) is 5.10 Å². The molecule has 0 aromatic rings. The summed E-state index contributed by atoms with van der Waals surface area (Å²) >= 11 is 0. The highest BCUT2D eigenvalue weighted by molar-refractivity contribution is 5.56. The summed E-state index contributed by atoms with van der Waals surface area (Å²) in [5, 5.41) is 16.4. The Bertz CT molecular complexity index is 272. The van der Waals surface area contributed by atoms with Crippen LogP contribution >= 0.6 is 0 Å². The van der Waals surface area contributed by atoms with Crippen LogP contribution in [0.2, 0.25) is 0 Å². The highest BCUT2D eigenvalue weighted by Gasteiger charge is 2.38. The molecule has 0 amide bonds. The molecule has 6 heteroatoms. The fraction of sp³-hybridized carbons (Fsp3) is 0.889. The lowest BCUT2D eigenvalue weighted by Gasteiger charge is -2.28. The zero-order valence-corrected chi connectivity index (χ0v) is 9.67. The molecular formula is C9H18N4O2. The SMILES string of the molecule is CCN1N=CN(CC(C)(C)C)C1[N+](=O)[O-]. The number of nitrogens with zero attached hydrogens (tertiary/aromatic N) is 4. The van der Waals surface area contributed by atoms with Gasteiger partial charge in [-0.1, -0.05) is 20.8 Å². The molecule has 6 nitrogen and oxygen atoms in total. The monoisotopic (exact) mass is 214 g/mol. The Hall–Kier alpha value is -1.33. The van der Waals surface area contributed by atoms with Crippen LogP contribution in [0.4, 0.5) is 0 Å². The van der Waals surface area contributed by atoms with E-state index in [0.29, 0.717) is 13.1 Å². The van der Waals surface area contributed by atoms with Crippen LogP contribution in [0.25, 0.3) is 0 Å². The van der Waals surface area contributed by atoms with Crippen molar-refractivity contribution in [1.82, 2.24) is 9.91 Å². The van der Waals surface area contributed by atoms with Gasteiger partial charge < -0.3 is 0 Å². The van der Waals surface area contributed by atoms with Gasteiger partial charge >= 0.3 is 6.29 Å². The second kappa shape index (κ2) is 4.04. The van der Waals surface area contributed by atoms with Crippen LogP contribution in [0.1, 0.15) is 27.7 Å². The Morgan fingerprint density at radius 2 is 2.13 bits per heavy atom. The van der Waals surface area contributed by atoms with Gasteiger partial charge in [0.05, 0.1) is 4.92 Å². The minimum absolute atomic E-state index is 0.0179. The van der Waals surface area contributed by atoms with Gasteiger partial charge in [0, 0.05) is 13.1 Å². The van der Waals surface area contributed by atoms with Gasteiger partial charge in [-0.15, -0.1) is 0 Å². The summed E-state index contributed by atoms with van der Waals surface area (Å²) < 4.78 is 0. The van der Waals surface area contributed by atoms with Crippen molar-refractivity contribution >= 4 is 6.34 Å². The van der Waals surface area contributed by atoms with Crippen molar-refractivity contribution in [3.63, 3.8) is 0 Å². The lowest BCUT2D eigenvalue weighted by atomic mass is 9.96. The van der Waals surface area contributed by atoms with Gasteiger partial charge in [-0.05, 0) is 12.3 Å². The maximum absolute atomic E-state index is 10.9. The van der Waals surface area contributed by atoms with E-state index in [1.807, 2.05) is 27.7 Å². The van der Waals surface area contributed by atoms with E-state index in [1.54, 1.807) is 11.2 Å². The molecule has 86 valence electrons. The first-order valence-corrected chi connectivity index (χ1v) is 5.05.